The lowest BCUT2D eigenvalue weighted by atomic mass is 10.2. The van der Waals surface area contributed by atoms with Gasteiger partial charge in [0.05, 0.1) is 22.4 Å². The van der Waals surface area contributed by atoms with Crippen LogP contribution >= 0.6 is 23.2 Å². The van der Waals surface area contributed by atoms with E-state index in [4.69, 9.17) is 33.5 Å². The zero-order chi connectivity index (χ0) is 14.8. The van der Waals surface area contributed by atoms with E-state index in [2.05, 4.69) is 25.1 Å². The average Bonchev–Trinajstić information content (AvgIpc) is 3.09. The van der Waals surface area contributed by atoms with Crippen molar-refractivity contribution in [2.45, 2.75) is 12.5 Å². The van der Waals surface area contributed by atoms with Gasteiger partial charge in [0.2, 0.25) is 11.7 Å². The van der Waals surface area contributed by atoms with Crippen molar-refractivity contribution in [2.24, 2.45) is 5.73 Å². The van der Waals surface area contributed by atoms with Crippen LogP contribution in [0.15, 0.2) is 29.3 Å². The van der Waals surface area contributed by atoms with Crippen molar-refractivity contribution in [3.63, 3.8) is 0 Å². The number of aromatic amines is 1. The van der Waals surface area contributed by atoms with Gasteiger partial charge in [-0.1, -0.05) is 28.4 Å². The summed E-state index contributed by atoms with van der Waals surface area (Å²) in [6.45, 7) is 0. The summed E-state index contributed by atoms with van der Waals surface area (Å²) in [6.07, 6.45) is 5.24. The van der Waals surface area contributed by atoms with Crippen LogP contribution in [0.4, 0.5) is 0 Å². The van der Waals surface area contributed by atoms with Crippen molar-refractivity contribution < 1.29 is 4.52 Å². The second-order valence-corrected chi connectivity index (χ2v) is 5.17. The Bertz CT molecular complexity index is 742. The summed E-state index contributed by atoms with van der Waals surface area (Å²) in [6, 6.07) is 1.12. The van der Waals surface area contributed by atoms with Crippen LogP contribution in [0.2, 0.25) is 10.0 Å². The summed E-state index contributed by atoms with van der Waals surface area (Å²) in [5, 5.41) is 4.62. The number of aromatic nitrogens is 5. The smallest absolute Gasteiger partial charge is 0.244 e. The lowest BCUT2D eigenvalue weighted by molar-refractivity contribution is 0.354. The van der Waals surface area contributed by atoms with E-state index in [-0.39, 0.29) is 5.82 Å². The van der Waals surface area contributed by atoms with Crippen molar-refractivity contribution in [1.29, 1.82) is 0 Å². The lowest BCUT2D eigenvalue weighted by Gasteiger charge is -2.03. The highest BCUT2D eigenvalue weighted by molar-refractivity contribution is 6.35. The van der Waals surface area contributed by atoms with Gasteiger partial charge in [-0.05, 0) is 6.07 Å². The molecule has 3 heterocycles. The Hall–Kier alpha value is -1.96. The van der Waals surface area contributed by atoms with Crippen LogP contribution in [0, 0.1) is 0 Å². The molecule has 108 valence electrons. The van der Waals surface area contributed by atoms with Crippen LogP contribution < -0.4 is 5.73 Å². The number of rotatable bonds is 4. The number of H-pyrrole nitrogens is 1. The highest BCUT2D eigenvalue weighted by Gasteiger charge is 2.19. The maximum absolute atomic E-state index is 6.05. The number of nitrogens with zero attached hydrogens (tertiary/aromatic N) is 4. The number of nitrogens with one attached hydrogen (secondary N) is 1. The van der Waals surface area contributed by atoms with Crippen molar-refractivity contribution in [2.75, 3.05) is 0 Å². The molecule has 0 saturated carbocycles. The van der Waals surface area contributed by atoms with Gasteiger partial charge in [0, 0.05) is 24.5 Å². The number of nitrogens with two attached hydrogens (primary N) is 1. The minimum absolute atomic E-state index is 0.270. The Balaban J connectivity index is 1.82. The first-order valence-corrected chi connectivity index (χ1v) is 6.77. The molecule has 0 aliphatic heterocycles. The number of halogens is 2. The third-order valence-electron chi connectivity index (χ3n) is 2.77. The van der Waals surface area contributed by atoms with Gasteiger partial charge in [-0.25, -0.2) is 9.97 Å². The van der Waals surface area contributed by atoms with Crippen LogP contribution in [0.3, 0.4) is 0 Å². The van der Waals surface area contributed by atoms with E-state index < -0.39 is 6.04 Å². The molecule has 0 aliphatic rings. The molecule has 3 N–H and O–H groups in total. The Labute approximate surface area is 129 Å². The molecule has 7 nitrogen and oxygen atoms in total. The number of hydrogen-bond donors (Lipinski definition) is 2. The fraction of sp³-hybridized carbons (Fsp3) is 0.167. The highest BCUT2D eigenvalue weighted by atomic mass is 35.5. The fourth-order valence-electron chi connectivity index (χ4n) is 1.78. The summed E-state index contributed by atoms with van der Waals surface area (Å²) in [7, 11) is 0. The molecule has 0 saturated heterocycles. The molecule has 0 bridgehead atoms. The molecule has 0 unspecified atom stereocenters. The maximum atomic E-state index is 6.05. The molecule has 0 aromatic carbocycles. The SMILES string of the molecule is N[C@H](Cc1cnc[nH]1)c1nc(-c2ncc(Cl)cc2Cl)no1. The van der Waals surface area contributed by atoms with Gasteiger partial charge < -0.3 is 15.2 Å². The van der Waals surface area contributed by atoms with Gasteiger partial charge in [0.15, 0.2) is 0 Å². The predicted molar refractivity (Wildman–Crippen MR) is 76.8 cm³/mol. The summed E-state index contributed by atoms with van der Waals surface area (Å²) in [5.74, 6) is 0.569. The van der Waals surface area contributed by atoms with Crippen LogP contribution in [0.1, 0.15) is 17.6 Å². The second kappa shape index (κ2) is 5.80. The van der Waals surface area contributed by atoms with Gasteiger partial charge in [-0.2, -0.15) is 4.98 Å². The van der Waals surface area contributed by atoms with Crippen molar-refractivity contribution in [1.82, 2.24) is 25.1 Å². The summed E-state index contributed by atoms with van der Waals surface area (Å²) in [4.78, 5) is 15.2. The van der Waals surface area contributed by atoms with Crippen LogP contribution in [0.25, 0.3) is 11.5 Å². The first-order chi connectivity index (χ1) is 10.1. The van der Waals surface area contributed by atoms with E-state index in [0.717, 1.165) is 5.69 Å². The molecule has 0 spiro atoms. The first kappa shape index (κ1) is 14.0. The van der Waals surface area contributed by atoms with Crippen molar-refractivity contribution in [3.05, 3.63) is 46.4 Å². The van der Waals surface area contributed by atoms with Crippen LogP contribution in [0.5, 0.6) is 0 Å². The zero-order valence-electron chi connectivity index (χ0n) is 10.6. The average molecular weight is 325 g/mol. The van der Waals surface area contributed by atoms with E-state index in [1.54, 1.807) is 18.6 Å². The van der Waals surface area contributed by atoms with Crippen molar-refractivity contribution >= 4 is 23.2 Å². The van der Waals surface area contributed by atoms with E-state index in [9.17, 15) is 0 Å². The fourth-order valence-corrected chi connectivity index (χ4v) is 2.25. The van der Waals surface area contributed by atoms with Gasteiger partial charge in [0.1, 0.15) is 5.69 Å². The van der Waals surface area contributed by atoms with E-state index in [0.29, 0.717) is 28.1 Å². The molecular formula is C12H10Cl2N6O. The Morgan fingerprint density at radius 3 is 2.90 bits per heavy atom. The van der Waals surface area contributed by atoms with E-state index in [1.165, 1.54) is 6.20 Å². The third kappa shape index (κ3) is 3.05. The predicted octanol–water partition coefficient (Wildman–Crippen LogP) is 2.40. The Morgan fingerprint density at radius 1 is 1.33 bits per heavy atom. The maximum Gasteiger partial charge on any atom is 0.244 e. The lowest BCUT2D eigenvalue weighted by Crippen LogP contribution is -2.14. The third-order valence-corrected chi connectivity index (χ3v) is 3.27. The van der Waals surface area contributed by atoms with E-state index >= 15 is 0 Å². The molecule has 9 heteroatoms. The molecule has 3 rings (SSSR count). The molecule has 1 atom stereocenters. The zero-order valence-corrected chi connectivity index (χ0v) is 12.1. The monoisotopic (exact) mass is 324 g/mol. The minimum Gasteiger partial charge on any atom is -0.348 e. The first-order valence-electron chi connectivity index (χ1n) is 6.01. The molecule has 3 aromatic heterocycles. The summed E-state index contributed by atoms with van der Waals surface area (Å²) in [5.41, 5.74) is 7.29. The highest BCUT2D eigenvalue weighted by Crippen LogP contribution is 2.26. The van der Waals surface area contributed by atoms with Gasteiger partial charge in [-0.15, -0.1) is 0 Å². The number of pyridine rings is 1. The Kier molecular flexibility index (Phi) is 3.87. The molecule has 0 aliphatic carbocycles. The normalized spacial score (nSPS) is 12.5. The summed E-state index contributed by atoms with van der Waals surface area (Å²) < 4.78 is 5.16. The van der Waals surface area contributed by atoms with Crippen molar-refractivity contribution in [3.8, 4) is 11.5 Å². The molecule has 0 radical (unpaired) electrons. The van der Waals surface area contributed by atoms with Crippen LogP contribution in [-0.4, -0.2) is 25.1 Å². The largest absolute Gasteiger partial charge is 0.348 e. The van der Waals surface area contributed by atoms with E-state index in [1.807, 2.05) is 0 Å². The second-order valence-electron chi connectivity index (χ2n) is 4.33. The molecule has 0 amide bonds. The number of hydrogen-bond acceptors (Lipinski definition) is 6. The minimum atomic E-state index is -0.447. The van der Waals surface area contributed by atoms with Gasteiger partial charge in [-0.3, -0.25) is 0 Å². The van der Waals surface area contributed by atoms with Gasteiger partial charge in [0.25, 0.3) is 0 Å². The quantitative estimate of drug-likeness (QED) is 0.763. The molecular weight excluding hydrogens is 315 g/mol. The molecule has 3 aromatic rings. The van der Waals surface area contributed by atoms with Gasteiger partial charge >= 0.3 is 0 Å². The Morgan fingerprint density at radius 2 is 2.19 bits per heavy atom. The van der Waals surface area contributed by atoms with Crippen LogP contribution in [-0.2, 0) is 6.42 Å². The standard InChI is InChI=1S/C12H10Cl2N6O/c13-6-1-8(14)10(17-3-6)11-19-12(21-20-11)9(15)2-7-4-16-5-18-7/h1,3-5,9H,2,15H2,(H,16,18)/t9-/m1/s1. The topological polar surface area (TPSA) is 107 Å². The summed E-state index contributed by atoms with van der Waals surface area (Å²) >= 11 is 11.9. The molecule has 0 fully saturated rings. The molecule has 21 heavy (non-hydrogen) atoms. The number of imidazole rings is 1.